The average molecular weight is 126 g/mol. The zero-order valence-corrected chi connectivity index (χ0v) is 4.90. The molecular weight excluding hydrogens is 120 g/mol. The lowest BCUT2D eigenvalue weighted by atomic mass is 10.4. The SMILES string of the molecule is Cc1cc(OO)ncn1. The van der Waals surface area contributed by atoms with Crippen molar-refractivity contribution in [1.29, 1.82) is 0 Å². The van der Waals surface area contributed by atoms with Crippen LogP contribution in [0.15, 0.2) is 12.4 Å². The summed E-state index contributed by atoms with van der Waals surface area (Å²) in [4.78, 5) is 11.2. The van der Waals surface area contributed by atoms with Crippen LogP contribution in [-0.2, 0) is 0 Å². The zero-order chi connectivity index (χ0) is 6.69. The minimum absolute atomic E-state index is 0.169. The van der Waals surface area contributed by atoms with E-state index in [1.807, 2.05) is 0 Å². The van der Waals surface area contributed by atoms with Gasteiger partial charge in [-0.1, -0.05) is 0 Å². The minimum Gasteiger partial charge on any atom is -0.319 e. The van der Waals surface area contributed by atoms with Crippen molar-refractivity contribution in [3.05, 3.63) is 18.1 Å². The molecule has 1 N–H and O–H groups in total. The first kappa shape index (κ1) is 5.97. The number of rotatable bonds is 1. The normalized spacial score (nSPS) is 9.11. The summed E-state index contributed by atoms with van der Waals surface area (Å²) >= 11 is 0. The van der Waals surface area contributed by atoms with Gasteiger partial charge in [0.25, 0.3) is 5.88 Å². The molecule has 0 aromatic carbocycles. The van der Waals surface area contributed by atoms with Gasteiger partial charge in [-0.3, -0.25) is 0 Å². The smallest absolute Gasteiger partial charge is 0.259 e. The third-order valence-electron chi connectivity index (χ3n) is 0.872. The van der Waals surface area contributed by atoms with Gasteiger partial charge >= 0.3 is 0 Å². The van der Waals surface area contributed by atoms with Crippen LogP contribution in [0.25, 0.3) is 0 Å². The van der Waals surface area contributed by atoms with Gasteiger partial charge in [-0.2, -0.15) is 4.98 Å². The quantitative estimate of drug-likeness (QED) is 0.443. The van der Waals surface area contributed by atoms with Crippen LogP contribution >= 0.6 is 0 Å². The van der Waals surface area contributed by atoms with E-state index in [0.29, 0.717) is 0 Å². The van der Waals surface area contributed by atoms with Gasteiger partial charge in [-0.25, -0.2) is 10.2 Å². The van der Waals surface area contributed by atoms with Gasteiger partial charge in [0.05, 0.1) is 0 Å². The second-order valence-corrected chi connectivity index (χ2v) is 1.59. The molecule has 1 aromatic rings. The largest absolute Gasteiger partial charge is 0.319 e. The number of hydrogen-bond acceptors (Lipinski definition) is 4. The summed E-state index contributed by atoms with van der Waals surface area (Å²) in [6, 6.07) is 1.53. The van der Waals surface area contributed by atoms with E-state index in [1.54, 1.807) is 6.92 Å². The van der Waals surface area contributed by atoms with Crippen LogP contribution in [0.3, 0.4) is 0 Å². The molecule has 0 radical (unpaired) electrons. The van der Waals surface area contributed by atoms with Crippen molar-refractivity contribution in [2.45, 2.75) is 6.92 Å². The van der Waals surface area contributed by atoms with Crippen molar-refractivity contribution in [3.63, 3.8) is 0 Å². The lowest BCUT2D eigenvalue weighted by Gasteiger charge is -1.92. The van der Waals surface area contributed by atoms with E-state index in [2.05, 4.69) is 14.9 Å². The van der Waals surface area contributed by atoms with Crippen LogP contribution in [0.4, 0.5) is 0 Å². The Morgan fingerprint density at radius 1 is 1.56 bits per heavy atom. The Balaban J connectivity index is 2.94. The number of aromatic nitrogens is 2. The molecule has 0 fully saturated rings. The molecule has 0 saturated carbocycles. The Bertz CT molecular complexity index is 202. The fourth-order valence-electron chi connectivity index (χ4n) is 0.480. The highest BCUT2D eigenvalue weighted by molar-refractivity contribution is 5.10. The Kier molecular flexibility index (Phi) is 1.60. The van der Waals surface area contributed by atoms with E-state index in [-0.39, 0.29) is 5.88 Å². The van der Waals surface area contributed by atoms with Crippen molar-refractivity contribution >= 4 is 0 Å². The summed E-state index contributed by atoms with van der Waals surface area (Å²) in [5.74, 6) is 0.169. The zero-order valence-electron chi connectivity index (χ0n) is 4.90. The maximum atomic E-state index is 8.07. The second kappa shape index (κ2) is 2.41. The monoisotopic (exact) mass is 126 g/mol. The van der Waals surface area contributed by atoms with E-state index >= 15 is 0 Å². The van der Waals surface area contributed by atoms with E-state index in [4.69, 9.17) is 5.26 Å². The second-order valence-electron chi connectivity index (χ2n) is 1.59. The summed E-state index contributed by atoms with van der Waals surface area (Å²) in [6.45, 7) is 1.78. The predicted molar refractivity (Wildman–Crippen MR) is 30.0 cm³/mol. The minimum atomic E-state index is 0.169. The molecule has 0 saturated heterocycles. The predicted octanol–water partition coefficient (Wildman–Crippen LogP) is 0.637. The van der Waals surface area contributed by atoms with E-state index in [9.17, 15) is 0 Å². The third kappa shape index (κ3) is 1.36. The summed E-state index contributed by atoms with van der Waals surface area (Å²) < 4.78 is 0. The van der Waals surface area contributed by atoms with Crippen molar-refractivity contribution in [2.24, 2.45) is 0 Å². The Hall–Kier alpha value is -1.16. The van der Waals surface area contributed by atoms with Crippen molar-refractivity contribution in [2.75, 3.05) is 0 Å². The summed E-state index contributed by atoms with van der Waals surface area (Å²) in [5.41, 5.74) is 0.758. The Morgan fingerprint density at radius 3 is 2.78 bits per heavy atom. The first-order valence-electron chi connectivity index (χ1n) is 2.43. The Morgan fingerprint density at radius 2 is 2.33 bits per heavy atom. The highest BCUT2D eigenvalue weighted by Gasteiger charge is 1.91. The van der Waals surface area contributed by atoms with Gasteiger partial charge in [0.2, 0.25) is 0 Å². The fraction of sp³-hybridized carbons (Fsp3) is 0.200. The average Bonchev–Trinajstić information content (AvgIpc) is 1.88. The molecule has 0 amide bonds. The number of hydrogen-bond donors (Lipinski definition) is 1. The molecule has 9 heavy (non-hydrogen) atoms. The van der Waals surface area contributed by atoms with Crippen LogP contribution in [0, 0.1) is 6.92 Å². The third-order valence-corrected chi connectivity index (χ3v) is 0.872. The van der Waals surface area contributed by atoms with Gasteiger partial charge in [0.1, 0.15) is 6.33 Å². The van der Waals surface area contributed by atoms with Crippen molar-refractivity contribution in [1.82, 2.24) is 9.97 Å². The molecule has 0 bridgehead atoms. The van der Waals surface area contributed by atoms with Crippen LogP contribution in [-0.4, -0.2) is 15.2 Å². The van der Waals surface area contributed by atoms with Gasteiger partial charge in [0.15, 0.2) is 0 Å². The van der Waals surface area contributed by atoms with Crippen LogP contribution in [0.1, 0.15) is 5.69 Å². The van der Waals surface area contributed by atoms with E-state index < -0.39 is 0 Å². The van der Waals surface area contributed by atoms with E-state index in [1.165, 1.54) is 12.4 Å². The molecule has 4 nitrogen and oxygen atoms in total. The standard InChI is InChI=1S/C5H6N2O2/c1-4-2-5(9-8)7-3-6-4/h2-3,8H,1H3. The highest BCUT2D eigenvalue weighted by Crippen LogP contribution is 2.02. The van der Waals surface area contributed by atoms with Gasteiger partial charge in [-0.05, 0) is 6.92 Å². The molecule has 0 unspecified atom stereocenters. The fourth-order valence-corrected chi connectivity index (χ4v) is 0.480. The molecule has 0 atom stereocenters. The van der Waals surface area contributed by atoms with Crippen LogP contribution < -0.4 is 4.89 Å². The molecule has 0 aliphatic heterocycles. The van der Waals surface area contributed by atoms with Gasteiger partial charge in [-0.15, -0.1) is 0 Å². The van der Waals surface area contributed by atoms with Crippen molar-refractivity contribution in [3.8, 4) is 5.88 Å². The lowest BCUT2D eigenvalue weighted by Crippen LogP contribution is -1.89. The molecule has 0 aliphatic rings. The first-order valence-corrected chi connectivity index (χ1v) is 2.43. The molecule has 0 spiro atoms. The first-order chi connectivity index (χ1) is 4.33. The van der Waals surface area contributed by atoms with Gasteiger partial charge < -0.3 is 4.89 Å². The topological polar surface area (TPSA) is 55.2 Å². The van der Waals surface area contributed by atoms with Gasteiger partial charge in [0, 0.05) is 11.8 Å². The van der Waals surface area contributed by atoms with Crippen LogP contribution in [0.2, 0.25) is 0 Å². The molecule has 0 aliphatic carbocycles. The highest BCUT2D eigenvalue weighted by atomic mass is 17.1. The van der Waals surface area contributed by atoms with E-state index in [0.717, 1.165) is 5.69 Å². The summed E-state index contributed by atoms with van der Waals surface area (Å²) in [5, 5.41) is 8.07. The number of aryl methyl sites for hydroxylation is 1. The molecule has 4 heteroatoms. The number of nitrogens with zero attached hydrogens (tertiary/aromatic N) is 2. The Labute approximate surface area is 52.1 Å². The molecule has 1 rings (SSSR count). The van der Waals surface area contributed by atoms with Crippen LogP contribution in [0.5, 0.6) is 5.88 Å². The molecule has 1 aromatic heterocycles. The molecule has 1 heterocycles. The maximum absolute atomic E-state index is 8.07. The summed E-state index contributed by atoms with van der Waals surface area (Å²) in [7, 11) is 0. The van der Waals surface area contributed by atoms with Crippen molar-refractivity contribution < 1.29 is 10.1 Å². The summed E-state index contributed by atoms with van der Waals surface area (Å²) in [6.07, 6.45) is 1.32. The molecule has 48 valence electrons. The maximum Gasteiger partial charge on any atom is 0.259 e. The molecular formula is C5H6N2O2. The lowest BCUT2D eigenvalue weighted by molar-refractivity contribution is -0.141.